The average molecular weight is 548 g/mol. The van der Waals surface area contributed by atoms with E-state index in [1.807, 2.05) is 42.5 Å². The molecule has 1 saturated heterocycles. The lowest BCUT2D eigenvalue weighted by Crippen LogP contribution is -2.46. The first kappa shape index (κ1) is 27.9. The summed E-state index contributed by atoms with van der Waals surface area (Å²) >= 11 is 0. The number of hydrogen-bond acceptors (Lipinski definition) is 7. The van der Waals surface area contributed by atoms with Crippen molar-refractivity contribution < 1.29 is 19.1 Å². The molecule has 0 atom stereocenters. The highest BCUT2D eigenvalue weighted by molar-refractivity contribution is 5.96. The molecule has 5 rings (SSSR count). The topological polar surface area (TPSA) is 97.2 Å². The Hall–Kier alpha value is -3.60. The molecule has 0 unspecified atom stereocenters. The third-order valence-electron chi connectivity index (χ3n) is 7.88. The van der Waals surface area contributed by atoms with E-state index in [0.717, 1.165) is 37.1 Å². The summed E-state index contributed by atoms with van der Waals surface area (Å²) in [4.78, 5) is 51.0. The number of amides is 2. The average Bonchev–Trinajstić information content (AvgIpc) is 3.02. The fourth-order valence-electron chi connectivity index (χ4n) is 5.72. The molecule has 2 aliphatic heterocycles. The smallest absolute Gasteiger partial charge is 0.282 e. The van der Waals surface area contributed by atoms with Crippen molar-refractivity contribution in [2.45, 2.75) is 31.8 Å². The second kappa shape index (κ2) is 12.7. The van der Waals surface area contributed by atoms with Gasteiger partial charge in [0.15, 0.2) is 5.69 Å². The van der Waals surface area contributed by atoms with Crippen molar-refractivity contribution in [3.8, 4) is 0 Å². The van der Waals surface area contributed by atoms with Gasteiger partial charge in [-0.2, -0.15) is 0 Å². The highest BCUT2D eigenvalue weighted by atomic mass is 16.5. The number of fused-ring (bicyclic) bond motifs is 2. The molecule has 10 heteroatoms. The molecule has 40 heavy (non-hydrogen) atoms. The monoisotopic (exact) mass is 547 g/mol. The molecule has 0 aliphatic carbocycles. The van der Waals surface area contributed by atoms with E-state index in [9.17, 15) is 14.4 Å². The number of anilines is 1. The molecule has 1 fully saturated rings. The summed E-state index contributed by atoms with van der Waals surface area (Å²) in [6, 6.07) is 15.3. The molecule has 2 aromatic carbocycles. The molecular formula is C30H37N5O5. The Bertz CT molecular complexity index is 1420. The number of para-hydroxylation sites is 3. The molecule has 0 bridgehead atoms. The molecule has 0 spiro atoms. The van der Waals surface area contributed by atoms with Crippen LogP contribution in [0.4, 0.5) is 5.69 Å². The maximum atomic E-state index is 14.1. The Morgan fingerprint density at radius 3 is 2.55 bits per heavy atom. The van der Waals surface area contributed by atoms with Gasteiger partial charge in [-0.25, -0.2) is 4.98 Å². The fourth-order valence-corrected chi connectivity index (χ4v) is 5.72. The number of aromatic nitrogens is 2. The zero-order chi connectivity index (χ0) is 28.1. The zero-order valence-electron chi connectivity index (χ0n) is 23.3. The Morgan fingerprint density at radius 1 is 1.00 bits per heavy atom. The summed E-state index contributed by atoms with van der Waals surface area (Å²) in [6.07, 6.45) is 2.63. The van der Waals surface area contributed by atoms with Crippen LogP contribution in [0.15, 0.2) is 53.3 Å². The van der Waals surface area contributed by atoms with E-state index >= 15 is 0 Å². The number of aryl methyl sites for hydroxylation is 1. The highest BCUT2D eigenvalue weighted by Crippen LogP contribution is 2.25. The van der Waals surface area contributed by atoms with Gasteiger partial charge in [-0.1, -0.05) is 30.3 Å². The van der Waals surface area contributed by atoms with E-state index in [0.29, 0.717) is 49.9 Å². The van der Waals surface area contributed by atoms with Crippen LogP contribution < -0.4 is 10.5 Å². The van der Waals surface area contributed by atoms with E-state index in [-0.39, 0.29) is 24.8 Å². The van der Waals surface area contributed by atoms with Crippen LogP contribution in [-0.2, 0) is 27.9 Å². The van der Waals surface area contributed by atoms with Gasteiger partial charge in [-0.3, -0.25) is 19.3 Å². The largest absolute Gasteiger partial charge is 0.381 e. The molecule has 0 radical (unpaired) electrons. The van der Waals surface area contributed by atoms with Crippen LogP contribution >= 0.6 is 0 Å². The SMILES string of the molecule is COCC(=O)N1CCCN(C2CCOCC2)CCN(C(=O)c2nc3ccccc3n(C)c2=O)Cc2ccccc21. The minimum Gasteiger partial charge on any atom is -0.381 e. The summed E-state index contributed by atoms with van der Waals surface area (Å²) in [6.45, 7) is 4.03. The maximum absolute atomic E-state index is 14.1. The summed E-state index contributed by atoms with van der Waals surface area (Å²) < 4.78 is 12.3. The summed E-state index contributed by atoms with van der Waals surface area (Å²) in [5.74, 6) is -0.545. The van der Waals surface area contributed by atoms with E-state index < -0.39 is 11.5 Å². The minimum atomic E-state index is -0.426. The Labute approximate surface area is 234 Å². The number of rotatable bonds is 4. The van der Waals surface area contributed by atoms with Crippen LogP contribution in [0.3, 0.4) is 0 Å². The predicted octanol–water partition coefficient (Wildman–Crippen LogP) is 2.44. The molecule has 2 amide bonds. The fraction of sp³-hybridized carbons (Fsp3) is 0.467. The molecule has 3 aromatic rings. The Morgan fingerprint density at radius 2 is 1.75 bits per heavy atom. The van der Waals surface area contributed by atoms with Gasteiger partial charge in [-0.15, -0.1) is 0 Å². The number of methoxy groups -OCH3 is 1. The number of ether oxygens (including phenoxy) is 2. The van der Waals surface area contributed by atoms with E-state index in [1.54, 1.807) is 22.9 Å². The van der Waals surface area contributed by atoms with Crippen molar-refractivity contribution in [3.05, 3.63) is 70.1 Å². The van der Waals surface area contributed by atoms with Gasteiger partial charge in [0.2, 0.25) is 0 Å². The Balaban J connectivity index is 1.54. The second-order valence-corrected chi connectivity index (χ2v) is 10.4. The summed E-state index contributed by atoms with van der Waals surface area (Å²) in [7, 11) is 3.18. The van der Waals surface area contributed by atoms with Crippen LogP contribution in [-0.4, -0.2) is 90.3 Å². The molecule has 0 saturated carbocycles. The molecular weight excluding hydrogens is 510 g/mol. The van der Waals surface area contributed by atoms with Crippen molar-refractivity contribution >= 4 is 28.5 Å². The first-order chi connectivity index (χ1) is 19.5. The van der Waals surface area contributed by atoms with Gasteiger partial charge < -0.3 is 23.8 Å². The molecule has 0 N–H and O–H groups in total. The van der Waals surface area contributed by atoms with E-state index in [4.69, 9.17) is 9.47 Å². The van der Waals surface area contributed by atoms with Crippen LogP contribution in [0.25, 0.3) is 11.0 Å². The quantitative estimate of drug-likeness (QED) is 0.495. The van der Waals surface area contributed by atoms with Gasteiger partial charge in [-0.05, 0) is 43.0 Å². The van der Waals surface area contributed by atoms with Gasteiger partial charge in [0.05, 0.1) is 11.0 Å². The number of carbonyl (C=O) groups excluding carboxylic acids is 2. The lowest BCUT2D eigenvalue weighted by atomic mass is 10.1. The highest BCUT2D eigenvalue weighted by Gasteiger charge is 2.29. The number of benzene rings is 2. The van der Waals surface area contributed by atoms with Crippen molar-refractivity contribution in [3.63, 3.8) is 0 Å². The summed E-state index contributed by atoms with van der Waals surface area (Å²) in [5, 5.41) is 0. The maximum Gasteiger partial charge on any atom is 0.282 e. The lowest BCUT2D eigenvalue weighted by Gasteiger charge is -2.35. The van der Waals surface area contributed by atoms with Crippen molar-refractivity contribution in [2.75, 3.05) is 58.0 Å². The van der Waals surface area contributed by atoms with Crippen molar-refractivity contribution in [1.82, 2.24) is 19.4 Å². The molecule has 10 nitrogen and oxygen atoms in total. The predicted molar refractivity (Wildman–Crippen MR) is 152 cm³/mol. The van der Waals surface area contributed by atoms with Crippen molar-refractivity contribution in [1.29, 1.82) is 0 Å². The van der Waals surface area contributed by atoms with Crippen molar-refractivity contribution in [2.24, 2.45) is 7.05 Å². The normalized spacial score (nSPS) is 17.9. The van der Waals surface area contributed by atoms with E-state index in [1.165, 1.54) is 11.7 Å². The number of nitrogens with zero attached hydrogens (tertiary/aromatic N) is 5. The first-order valence-electron chi connectivity index (χ1n) is 13.9. The van der Waals surface area contributed by atoms with Crippen LogP contribution in [0.2, 0.25) is 0 Å². The molecule has 3 heterocycles. The molecule has 1 aromatic heterocycles. The minimum absolute atomic E-state index is 0.0301. The van der Waals surface area contributed by atoms with Gasteiger partial charge in [0.25, 0.3) is 17.4 Å². The first-order valence-corrected chi connectivity index (χ1v) is 13.9. The molecule has 212 valence electrons. The Kier molecular flexibility index (Phi) is 8.88. The number of hydrogen-bond donors (Lipinski definition) is 0. The van der Waals surface area contributed by atoms with E-state index in [2.05, 4.69) is 9.88 Å². The standard InChI is InChI=1S/C30H37N5O5/c1-32-26-11-6-4-9-24(26)31-28(29(32)37)30(38)34-17-16-33(23-12-18-40-19-13-23)14-7-15-35(27(36)21-39-2)25-10-5-3-8-22(25)20-34/h3-6,8-11,23H,7,12-21H2,1-2H3. The number of carbonyl (C=O) groups is 2. The van der Waals surface area contributed by atoms with Crippen LogP contribution in [0.5, 0.6) is 0 Å². The van der Waals surface area contributed by atoms with Crippen LogP contribution in [0, 0.1) is 0 Å². The zero-order valence-corrected chi connectivity index (χ0v) is 23.3. The third-order valence-corrected chi connectivity index (χ3v) is 7.88. The van der Waals surface area contributed by atoms with Gasteiger partial charge in [0, 0.05) is 71.8 Å². The van der Waals surface area contributed by atoms with Gasteiger partial charge in [0.1, 0.15) is 6.61 Å². The second-order valence-electron chi connectivity index (χ2n) is 10.4. The third kappa shape index (κ3) is 5.94. The summed E-state index contributed by atoms with van der Waals surface area (Å²) in [5.41, 5.74) is 2.32. The lowest BCUT2D eigenvalue weighted by molar-refractivity contribution is -0.122. The molecule has 2 aliphatic rings. The van der Waals surface area contributed by atoms with Gasteiger partial charge >= 0.3 is 0 Å². The van der Waals surface area contributed by atoms with Crippen LogP contribution in [0.1, 0.15) is 35.3 Å².